The van der Waals surface area contributed by atoms with Gasteiger partial charge in [0, 0.05) is 23.8 Å². The molecule has 0 aromatic carbocycles. The van der Waals surface area contributed by atoms with Crippen LogP contribution in [0.1, 0.15) is 13.8 Å². The molecule has 0 spiro atoms. The molecule has 2 amide bonds. The van der Waals surface area contributed by atoms with Gasteiger partial charge in [-0.25, -0.2) is 4.31 Å². The van der Waals surface area contributed by atoms with Crippen molar-refractivity contribution in [1.29, 1.82) is 0 Å². The standard InChI is InChI=1S/C7H8Cl3NO2S.3HI.V/c1-3-4(2)6(13)11(5(3)12)14-7(8,9)10;;;;/h3-4H,1-2H3;3*1H;/q;;;;+3/p-3. The summed E-state index contributed by atoms with van der Waals surface area (Å²) in [4.78, 5) is 22.7. The molecule has 3 nitrogen and oxygen atoms in total. The van der Waals surface area contributed by atoms with Crippen LogP contribution in [0.25, 0.3) is 0 Å². The summed E-state index contributed by atoms with van der Waals surface area (Å²) in [5.41, 5.74) is 0. The van der Waals surface area contributed by atoms with E-state index in [0.29, 0.717) is 11.9 Å². The predicted octanol–water partition coefficient (Wildman–Crippen LogP) is 5.26. The van der Waals surface area contributed by atoms with E-state index >= 15 is 0 Å². The number of amides is 2. The quantitative estimate of drug-likeness (QED) is 0.162. The van der Waals surface area contributed by atoms with Crippen LogP contribution in [0.3, 0.4) is 0 Å². The molecule has 0 radical (unpaired) electrons. The first kappa shape index (κ1) is 21.1. The molecule has 0 aliphatic carbocycles. The van der Waals surface area contributed by atoms with Crippen LogP contribution >= 0.6 is 107 Å². The Hall–Kier alpha value is 3.13. The Morgan fingerprint density at radius 3 is 1.61 bits per heavy atom. The van der Waals surface area contributed by atoms with E-state index in [1.807, 2.05) is 0 Å². The Morgan fingerprint density at radius 2 is 1.39 bits per heavy atom. The predicted molar refractivity (Wildman–Crippen MR) is 100 cm³/mol. The monoisotopic (exact) mass is 707 g/mol. The zero-order valence-corrected chi connectivity index (χ0v) is 20.0. The van der Waals surface area contributed by atoms with Crippen molar-refractivity contribution in [3.8, 4) is 0 Å². The van der Waals surface area contributed by atoms with Gasteiger partial charge in [0.05, 0.1) is 0 Å². The zero-order valence-electron chi connectivity index (χ0n) is 9.04. The molecule has 11 heteroatoms. The van der Waals surface area contributed by atoms with E-state index in [0.717, 1.165) is 4.31 Å². The van der Waals surface area contributed by atoms with Crippen LogP contribution in [0.15, 0.2) is 0 Å². The Bertz CT molecular complexity index is 309. The molecular weight excluding hydrogens is 700 g/mol. The Kier molecular flexibility index (Phi) is 10.9. The first-order valence-electron chi connectivity index (χ1n) is 4.38. The molecule has 0 saturated carbocycles. The molecule has 1 heterocycles. The summed E-state index contributed by atoms with van der Waals surface area (Å²) >= 11 is 24.5. The van der Waals surface area contributed by atoms with E-state index in [2.05, 4.69) is 59.9 Å². The number of carbonyl (C=O) groups is 2. The van der Waals surface area contributed by atoms with Crippen LogP contribution in [0.2, 0.25) is 0 Å². The first-order chi connectivity index (χ1) is 7.97. The van der Waals surface area contributed by atoms with E-state index in [4.69, 9.17) is 34.8 Å². The fourth-order valence-corrected chi connectivity index (χ4v) is 2.44. The molecule has 1 aliphatic heterocycles. The molecule has 18 heavy (non-hydrogen) atoms. The molecule has 2 unspecified atom stereocenters. The van der Waals surface area contributed by atoms with Crippen LogP contribution in [0.5, 0.6) is 0 Å². The van der Waals surface area contributed by atoms with Crippen molar-refractivity contribution in [1.82, 2.24) is 4.31 Å². The van der Waals surface area contributed by atoms with Crippen molar-refractivity contribution >= 4 is 119 Å². The van der Waals surface area contributed by atoms with Gasteiger partial charge in [-0.2, -0.15) is 0 Å². The maximum atomic E-state index is 11.5. The summed E-state index contributed by atoms with van der Waals surface area (Å²) in [6, 6.07) is 0. The second-order valence-electron chi connectivity index (χ2n) is 3.28. The maximum absolute atomic E-state index is 11.5. The average Bonchev–Trinajstić information content (AvgIpc) is 2.33. The van der Waals surface area contributed by atoms with Crippen molar-refractivity contribution in [3.05, 3.63) is 0 Å². The van der Waals surface area contributed by atoms with Gasteiger partial charge in [-0.3, -0.25) is 9.59 Å². The van der Waals surface area contributed by atoms with E-state index in [1.54, 1.807) is 13.8 Å². The van der Waals surface area contributed by atoms with E-state index in [1.165, 1.54) is 0 Å². The molecular formula is C7H8Cl3I3NO2SV. The van der Waals surface area contributed by atoms with Crippen molar-refractivity contribution < 1.29 is 14.5 Å². The van der Waals surface area contributed by atoms with Crippen LogP contribution in [-0.2, 0) is 14.5 Å². The number of rotatable bonds is 1. The summed E-state index contributed by atoms with van der Waals surface area (Å²) in [6.07, 6.45) is 0. The van der Waals surface area contributed by atoms with Crippen LogP contribution in [-0.4, -0.2) is 19.2 Å². The molecule has 106 valence electrons. The minimum absolute atomic E-state index is 0.278. The molecule has 1 fully saturated rings. The molecule has 0 bridgehead atoms. The third-order valence-corrected chi connectivity index (χ3v) is 3.49. The molecule has 1 aliphatic rings. The number of alkyl halides is 3. The fraction of sp³-hybridized carbons (Fsp3) is 0.714. The van der Waals surface area contributed by atoms with E-state index in [9.17, 15) is 9.59 Å². The van der Waals surface area contributed by atoms with Gasteiger partial charge in [-0.05, 0) is 0 Å². The third kappa shape index (κ3) is 7.95. The molecule has 1 rings (SSSR count). The number of hydrogen-bond donors (Lipinski definition) is 0. The summed E-state index contributed by atoms with van der Waals surface area (Å²) in [5, 5.41) is 0. The number of imide groups is 1. The van der Waals surface area contributed by atoms with Gasteiger partial charge in [-0.15, -0.1) is 0 Å². The fourth-order valence-electron chi connectivity index (χ4n) is 1.10. The molecule has 1 saturated heterocycles. The minimum atomic E-state index is -1.69. The van der Waals surface area contributed by atoms with Crippen molar-refractivity contribution in [2.45, 2.75) is 17.0 Å². The summed E-state index contributed by atoms with van der Waals surface area (Å²) in [6.45, 7) is 3.37. The topological polar surface area (TPSA) is 37.4 Å². The van der Waals surface area contributed by atoms with E-state index < -0.39 is 3.12 Å². The number of hydrogen-bond acceptors (Lipinski definition) is 3. The summed E-state index contributed by atoms with van der Waals surface area (Å²) < 4.78 is -0.753. The van der Waals surface area contributed by atoms with Gasteiger partial charge >= 0.3 is 64.9 Å². The van der Waals surface area contributed by atoms with Crippen LogP contribution < -0.4 is 0 Å². The molecule has 2 atom stereocenters. The second-order valence-corrected chi connectivity index (χ2v) is 42.8. The van der Waals surface area contributed by atoms with Gasteiger partial charge in [-0.1, -0.05) is 48.7 Å². The summed E-state index contributed by atoms with van der Waals surface area (Å²) in [7, 11) is 0. The summed E-state index contributed by atoms with van der Waals surface area (Å²) in [5.74, 6) is -1.30. The Morgan fingerprint density at radius 1 is 1.11 bits per heavy atom. The van der Waals surface area contributed by atoms with Gasteiger partial charge < -0.3 is 0 Å². The van der Waals surface area contributed by atoms with Crippen molar-refractivity contribution in [2.75, 3.05) is 0 Å². The van der Waals surface area contributed by atoms with Gasteiger partial charge in [0.15, 0.2) is 0 Å². The number of halogens is 6. The normalized spacial score (nSPS) is 24.4. The zero-order chi connectivity index (χ0) is 14.7. The third-order valence-electron chi connectivity index (χ3n) is 2.12. The van der Waals surface area contributed by atoms with Gasteiger partial charge in [0.25, 0.3) is 3.12 Å². The SMILES string of the molecule is CC1C(=O)N(SC(Cl)(Cl)Cl)C(=O)C1C.[I][V]([I])[I]. The van der Waals surface area contributed by atoms with Crippen molar-refractivity contribution in [2.24, 2.45) is 11.8 Å². The first-order valence-corrected chi connectivity index (χ1v) is 19.8. The Labute approximate surface area is 163 Å². The van der Waals surface area contributed by atoms with Crippen molar-refractivity contribution in [3.63, 3.8) is 0 Å². The van der Waals surface area contributed by atoms with Crippen LogP contribution in [0, 0.1) is 11.8 Å². The molecule has 0 aromatic rings. The average molecular weight is 708 g/mol. The molecule has 0 aromatic heterocycles. The Balaban J connectivity index is 0.000000631. The van der Waals surface area contributed by atoms with Crippen LogP contribution in [0.4, 0.5) is 0 Å². The van der Waals surface area contributed by atoms with Gasteiger partial charge in [0.1, 0.15) is 0 Å². The number of carbonyl (C=O) groups excluding carboxylic acids is 2. The van der Waals surface area contributed by atoms with E-state index in [-0.39, 0.29) is 28.6 Å². The van der Waals surface area contributed by atoms with Gasteiger partial charge in [0.2, 0.25) is 11.8 Å². The second kappa shape index (κ2) is 9.31. The number of nitrogens with zero attached hydrogens (tertiary/aromatic N) is 1. The molecule has 0 N–H and O–H groups in total.